The smallest absolute Gasteiger partial charge is 0.256 e. The van der Waals surface area contributed by atoms with Crippen molar-refractivity contribution in [3.8, 4) is 67.5 Å². The molecule has 0 bridgehead atoms. The van der Waals surface area contributed by atoms with Gasteiger partial charge in [0.05, 0.1) is 33.9 Å². The van der Waals surface area contributed by atoms with E-state index in [1.807, 2.05) is 0 Å². The summed E-state index contributed by atoms with van der Waals surface area (Å²) in [6.07, 6.45) is 0. The van der Waals surface area contributed by atoms with E-state index in [9.17, 15) is 0 Å². The van der Waals surface area contributed by atoms with Crippen LogP contribution < -0.4 is 52.1 Å². The van der Waals surface area contributed by atoms with Crippen molar-refractivity contribution in [2.24, 2.45) is 0 Å². The molecule has 5 aliphatic rings. The van der Waals surface area contributed by atoms with Crippen LogP contribution in [-0.2, 0) is 0 Å². The monoisotopic (exact) mass is 1020 g/mol. The second-order valence-corrected chi connectivity index (χ2v) is 21.7. The molecule has 8 heteroatoms. The largest absolute Gasteiger partial charge is 0.457 e. The predicted molar refractivity (Wildman–Crippen MR) is 328 cm³/mol. The summed E-state index contributed by atoms with van der Waals surface area (Å²) in [5, 5.41) is 4.24. The Labute approximate surface area is 460 Å². The van der Waals surface area contributed by atoms with E-state index in [4.69, 9.17) is 18.3 Å². The van der Waals surface area contributed by atoms with Crippen molar-refractivity contribution in [3.05, 3.63) is 243 Å². The van der Waals surface area contributed by atoms with E-state index < -0.39 is 0 Å². The van der Waals surface area contributed by atoms with Crippen LogP contribution in [0, 0.1) is 0 Å². The lowest BCUT2D eigenvalue weighted by atomic mass is 9.29. The number of benzene rings is 12. The normalized spacial score (nSPS) is 13.6. The number of rotatable bonds is 5. The van der Waals surface area contributed by atoms with E-state index in [-0.39, 0.29) is 13.4 Å². The molecule has 0 N–H and O–H groups in total. The van der Waals surface area contributed by atoms with Crippen molar-refractivity contribution in [1.29, 1.82) is 0 Å². The highest BCUT2D eigenvalue weighted by molar-refractivity contribution is 7.04. The van der Waals surface area contributed by atoms with Gasteiger partial charge in [0.1, 0.15) is 45.3 Å². The third-order valence-corrected chi connectivity index (χ3v) is 17.6. The summed E-state index contributed by atoms with van der Waals surface area (Å²) in [6.45, 7) is -0.565. The first kappa shape index (κ1) is 42.7. The molecule has 12 aromatic carbocycles. The van der Waals surface area contributed by atoms with Crippen LogP contribution in [0.5, 0.6) is 23.0 Å². The van der Waals surface area contributed by atoms with Gasteiger partial charge in [-0.25, -0.2) is 0 Å². The Morgan fingerprint density at radius 1 is 0.300 bits per heavy atom. The maximum atomic E-state index is 7.74. The van der Waals surface area contributed by atoms with Crippen molar-refractivity contribution in [3.63, 3.8) is 0 Å². The Hall–Kier alpha value is -10.4. The standard InChI is InChI=1S/C72H40B2N2O4/c1-6-20-41(21-7-1)45-34-52-66-56(36-45)75(47-28-14-5-15-29-47)57-37-46(42-22-8-2-9-23-42)35-53-67(57)76(66)68-64-60(79-71-54(73(52)64)38-50-48-30-16-18-32-58(48)77-69(50)62(71)43-24-10-3-11-25-43)40-61-65(68)74(53)55-39-51-49-31-17-19-33-59(49)78-70(51)63(72(55)80-61)44-26-12-4-13-27-44/h1-40H. The van der Waals surface area contributed by atoms with Gasteiger partial charge >= 0.3 is 0 Å². The van der Waals surface area contributed by atoms with Gasteiger partial charge in [-0.3, -0.25) is 0 Å². The van der Waals surface area contributed by atoms with Gasteiger partial charge in [-0.2, -0.15) is 0 Å². The molecule has 14 aromatic rings. The Morgan fingerprint density at radius 2 is 0.700 bits per heavy atom. The van der Waals surface area contributed by atoms with Gasteiger partial charge in [-0.15, -0.1) is 0 Å². The summed E-state index contributed by atoms with van der Waals surface area (Å²) < 4.78 is 29.4. The molecule has 0 spiro atoms. The van der Waals surface area contributed by atoms with Crippen LogP contribution in [0.2, 0.25) is 0 Å². The lowest BCUT2D eigenvalue weighted by Crippen LogP contribution is -2.67. The number of furan rings is 2. The molecule has 0 atom stereocenters. The van der Waals surface area contributed by atoms with Crippen LogP contribution in [0.3, 0.4) is 0 Å². The summed E-state index contributed by atoms with van der Waals surface area (Å²) in [4.78, 5) is 5.15. The van der Waals surface area contributed by atoms with Crippen molar-refractivity contribution in [2.75, 3.05) is 9.80 Å². The zero-order valence-electron chi connectivity index (χ0n) is 42.8. The first-order chi connectivity index (χ1) is 39.7. The quantitative estimate of drug-likeness (QED) is 0.160. The maximum absolute atomic E-state index is 7.74. The van der Waals surface area contributed by atoms with Gasteiger partial charge in [-0.1, -0.05) is 200 Å². The van der Waals surface area contributed by atoms with Gasteiger partial charge in [0.15, 0.2) is 0 Å². The number of hydrogen-bond acceptors (Lipinski definition) is 6. The van der Waals surface area contributed by atoms with Crippen LogP contribution in [-0.4, -0.2) is 13.4 Å². The van der Waals surface area contributed by atoms with Crippen molar-refractivity contribution in [2.45, 2.75) is 0 Å². The number of anilines is 6. The lowest BCUT2D eigenvalue weighted by Gasteiger charge is -2.52. The molecule has 368 valence electrons. The minimum absolute atomic E-state index is 0.283. The fraction of sp³-hybridized carbons (Fsp3) is 0. The van der Waals surface area contributed by atoms with E-state index in [1.54, 1.807) is 0 Å². The van der Waals surface area contributed by atoms with Gasteiger partial charge in [0.25, 0.3) is 13.4 Å². The minimum Gasteiger partial charge on any atom is -0.457 e. The molecule has 19 rings (SSSR count). The average molecular weight is 1020 g/mol. The van der Waals surface area contributed by atoms with E-state index in [0.29, 0.717) is 0 Å². The van der Waals surface area contributed by atoms with Crippen LogP contribution >= 0.6 is 0 Å². The molecule has 0 aliphatic carbocycles. The Kier molecular flexibility index (Phi) is 8.33. The van der Waals surface area contributed by atoms with Crippen molar-refractivity contribution in [1.82, 2.24) is 0 Å². The average Bonchev–Trinajstić information content (AvgIpc) is 4.13. The molecule has 80 heavy (non-hydrogen) atoms. The van der Waals surface area contributed by atoms with Crippen molar-refractivity contribution < 1.29 is 18.3 Å². The van der Waals surface area contributed by atoms with E-state index >= 15 is 0 Å². The molecule has 2 aromatic heterocycles. The van der Waals surface area contributed by atoms with Gasteiger partial charge < -0.3 is 28.1 Å². The number of fused-ring (bicyclic) bond motifs is 12. The lowest BCUT2D eigenvalue weighted by molar-refractivity contribution is 0.467. The Morgan fingerprint density at radius 3 is 1.15 bits per heavy atom. The molecular formula is C72H40B2N2O4. The van der Waals surface area contributed by atoms with Gasteiger partial charge in [0.2, 0.25) is 0 Å². The highest BCUT2D eigenvalue weighted by Gasteiger charge is 2.55. The van der Waals surface area contributed by atoms with Crippen LogP contribution in [0.25, 0.3) is 88.4 Å². The predicted octanol–water partition coefficient (Wildman–Crippen LogP) is 15.3. The van der Waals surface area contributed by atoms with E-state index in [1.165, 1.54) is 10.9 Å². The number of hydrogen-bond donors (Lipinski definition) is 0. The summed E-state index contributed by atoms with van der Waals surface area (Å²) in [6, 6.07) is 87.5. The van der Waals surface area contributed by atoms with Gasteiger partial charge in [0, 0.05) is 39.0 Å². The third-order valence-electron chi connectivity index (χ3n) is 17.6. The number of ether oxygens (including phenoxy) is 2. The number of para-hydroxylation sites is 3. The second-order valence-electron chi connectivity index (χ2n) is 21.7. The molecule has 0 amide bonds. The molecule has 0 saturated heterocycles. The van der Waals surface area contributed by atoms with E-state index in [0.717, 1.165) is 167 Å². The highest BCUT2D eigenvalue weighted by atomic mass is 16.5. The second kappa shape index (κ2) is 15.6. The summed E-state index contributed by atoms with van der Waals surface area (Å²) >= 11 is 0. The Balaban J connectivity index is 1.01. The van der Waals surface area contributed by atoms with Crippen LogP contribution in [0.15, 0.2) is 251 Å². The van der Waals surface area contributed by atoms with Gasteiger partial charge in [-0.05, 0) is 103 Å². The molecule has 7 heterocycles. The highest BCUT2D eigenvalue weighted by Crippen LogP contribution is 2.59. The molecule has 0 unspecified atom stereocenters. The molecule has 6 nitrogen and oxygen atoms in total. The van der Waals surface area contributed by atoms with E-state index in [2.05, 4.69) is 252 Å². The van der Waals surface area contributed by atoms with Crippen molar-refractivity contribution >= 4 is 124 Å². The molecule has 0 fully saturated rings. The molecule has 5 aliphatic heterocycles. The zero-order chi connectivity index (χ0) is 51.9. The summed E-state index contributed by atoms with van der Waals surface area (Å²) in [5.74, 6) is 3.07. The minimum atomic E-state index is -0.283. The fourth-order valence-corrected chi connectivity index (χ4v) is 14.4. The fourth-order valence-electron chi connectivity index (χ4n) is 14.4. The first-order valence-electron chi connectivity index (χ1n) is 27.5. The topological polar surface area (TPSA) is 51.2 Å². The first-order valence-corrected chi connectivity index (χ1v) is 27.5. The molecule has 0 radical (unpaired) electrons. The van der Waals surface area contributed by atoms with Crippen LogP contribution in [0.1, 0.15) is 0 Å². The van der Waals surface area contributed by atoms with Crippen LogP contribution in [0.4, 0.5) is 34.1 Å². The number of nitrogens with zero attached hydrogens (tertiary/aromatic N) is 2. The molecule has 0 saturated carbocycles. The summed E-state index contributed by atoms with van der Waals surface area (Å²) in [5.41, 5.74) is 25.2. The Bertz CT molecular complexity index is 4730. The maximum Gasteiger partial charge on any atom is 0.256 e. The zero-order valence-corrected chi connectivity index (χ0v) is 42.8. The molecular weight excluding hydrogens is 978 g/mol. The SMILES string of the molecule is c1ccc(-c2cc3c4c(c2)N(c2ccccc2)c2cc(-c5ccccc5)cc5c2N4c2c4c(cc6c2B5c2cc5c(oc7ccccc75)c(-c5ccccc5)c2O6)Oc2c(cc5c(oc6ccccc65)c2-c2ccccc2)B34)cc1. The third kappa shape index (κ3) is 5.58. The summed E-state index contributed by atoms with van der Waals surface area (Å²) in [7, 11) is 0.